The minimum atomic E-state index is -3.62. The normalized spacial score (nSPS) is 14.2. The van der Waals surface area contributed by atoms with Gasteiger partial charge in [0.15, 0.2) is 0 Å². The van der Waals surface area contributed by atoms with Crippen LogP contribution in [0, 0.1) is 34.4 Å². The predicted molar refractivity (Wildman–Crippen MR) is 154 cm³/mol. The minimum Gasteiger partial charge on any atom is -0.339 e. The van der Waals surface area contributed by atoms with Crippen LogP contribution in [0.1, 0.15) is 22.3 Å². The van der Waals surface area contributed by atoms with Crippen LogP contribution in [-0.4, -0.2) is 29.9 Å². The van der Waals surface area contributed by atoms with Crippen LogP contribution in [0.25, 0.3) is 0 Å². The van der Waals surface area contributed by atoms with Gasteiger partial charge in [-0.05, 0) is 98.5 Å². The summed E-state index contributed by atoms with van der Waals surface area (Å²) in [5, 5.41) is 0. The van der Waals surface area contributed by atoms with Gasteiger partial charge >= 0.3 is 0 Å². The Morgan fingerprint density at radius 2 is 0.821 bits per heavy atom. The first kappa shape index (κ1) is 27.0. The highest BCUT2D eigenvalue weighted by molar-refractivity contribution is 7.91. The van der Waals surface area contributed by atoms with Crippen molar-refractivity contribution >= 4 is 31.0 Å². The molecule has 4 aromatic rings. The van der Waals surface area contributed by atoms with Crippen LogP contribution < -0.4 is 9.80 Å². The number of nitrogens with zero attached hydrogens (tertiary/aromatic N) is 2. The summed E-state index contributed by atoms with van der Waals surface area (Å²) in [5.41, 5.74) is 5.22. The summed E-state index contributed by atoms with van der Waals surface area (Å²) in [5.74, 6) is 0. The van der Waals surface area contributed by atoms with Crippen LogP contribution in [0.5, 0.6) is 0 Å². The first-order valence-corrected chi connectivity index (χ1v) is 15.6. The molecule has 0 bridgehead atoms. The number of rotatable bonds is 6. The Bertz CT molecular complexity index is 1570. The Balaban J connectivity index is 1.42. The largest absolute Gasteiger partial charge is 0.339 e. The molecule has 1 heterocycles. The van der Waals surface area contributed by atoms with Gasteiger partial charge in [0.25, 0.3) is 0 Å². The molecule has 1 saturated heterocycles. The molecule has 5 rings (SSSR count). The lowest BCUT2D eigenvalue weighted by Gasteiger charge is -2.25. The van der Waals surface area contributed by atoms with Gasteiger partial charge in [0.05, 0.1) is 19.6 Å². The van der Waals surface area contributed by atoms with Gasteiger partial charge in [0.2, 0.25) is 26.3 Å². The second-order valence-electron chi connectivity index (χ2n) is 9.85. The molecule has 0 spiro atoms. The summed E-state index contributed by atoms with van der Waals surface area (Å²) in [6.45, 7) is 12.4. The van der Waals surface area contributed by atoms with Gasteiger partial charge in [-0.1, -0.05) is 36.4 Å². The highest BCUT2D eigenvalue weighted by atomic mass is 32.2. The van der Waals surface area contributed by atoms with E-state index in [-0.39, 0.29) is 19.6 Å². The summed E-state index contributed by atoms with van der Waals surface area (Å²) in [7, 11) is -7.25. The van der Waals surface area contributed by atoms with Crippen molar-refractivity contribution in [2.75, 3.05) is 22.9 Å². The third-order valence-corrected chi connectivity index (χ3v) is 10.5. The van der Waals surface area contributed by atoms with E-state index in [0.717, 1.165) is 33.6 Å². The van der Waals surface area contributed by atoms with E-state index in [1.807, 2.05) is 37.5 Å². The van der Waals surface area contributed by atoms with E-state index < -0.39 is 19.7 Å². The van der Waals surface area contributed by atoms with E-state index in [1.54, 1.807) is 84.9 Å². The molecule has 0 aliphatic carbocycles. The fourth-order valence-corrected chi connectivity index (χ4v) is 8.14. The van der Waals surface area contributed by atoms with Crippen LogP contribution in [0.4, 0.5) is 11.4 Å². The Labute approximate surface area is 231 Å². The Kier molecular flexibility index (Phi) is 7.03. The zero-order valence-corrected chi connectivity index (χ0v) is 24.0. The molecule has 6 nitrogen and oxygen atoms in total. The summed E-state index contributed by atoms with van der Waals surface area (Å²) in [6, 6.07) is 23.8. The first-order chi connectivity index (χ1) is 18.5. The third-order valence-electron chi connectivity index (χ3n) is 6.99. The van der Waals surface area contributed by atoms with E-state index >= 15 is 0 Å². The maximum atomic E-state index is 13.2. The standard InChI is InChI=1S/C31H30N2O4S2/c1-22-17-28(38(34,35)26-11-7-5-8-12-26)18-23(2)30(22)32-15-16-33(21-32)31-24(3)19-29(20-25(31)4)39(36,37)27-13-9-6-10-14-27/h5-14,17-20H,15-16H2,1-4H3. The fourth-order valence-electron chi connectivity index (χ4n) is 5.23. The SMILES string of the molecule is Cc1cc(S(=O)(=O)c2ccccc2)cc(C)c1N1[C]N(c2c(C)cc(S(=O)(=O)c3ccccc3)cc2C)CC1. The maximum absolute atomic E-state index is 13.2. The molecule has 2 radical (unpaired) electrons. The zero-order chi connectivity index (χ0) is 27.9. The Hall–Kier alpha value is -3.62. The first-order valence-electron chi connectivity index (χ1n) is 12.6. The molecule has 0 atom stereocenters. The zero-order valence-electron chi connectivity index (χ0n) is 22.3. The van der Waals surface area contributed by atoms with Gasteiger partial charge < -0.3 is 9.80 Å². The molecule has 1 aliphatic rings. The highest BCUT2D eigenvalue weighted by Gasteiger charge is 2.29. The van der Waals surface area contributed by atoms with Crippen LogP contribution in [-0.2, 0) is 19.7 Å². The van der Waals surface area contributed by atoms with E-state index in [0.29, 0.717) is 13.1 Å². The molecule has 0 amide bonds. The molecule has 0 aromatic heterocycles. The molecule has 0 N–H and O–H groups in total. The van der Waals surface area contributed by atoms with Crippen molar-refractivity contribution < 1.29 is 16.8 Å². The monoisotopic (exact) mass is 558 g/mol. The molecule has 0 unspecified atom stereocenters. The second kappa shape index (κ2) is 10.2. The number of hydrogen-bond acceptors (Lipinski definition) is 6. The minimum absolute atomic E-state index is 0.269. The maximum Gasteiger partial charge on any atom is 0.208 e. The summed E-state index contributed by atoms with van der Waals surface area (Å²) < 4.78 is 52.8. The quantitative estimate of drug-likeness (QED) is 0.293. The summed E-state index contributed by atoms with van der Waals surface area (Å²) in [6.07, 6.45) is 0. The topological polar surface area (TPSA) is 74.8 Å². The van der Waals surface area contributed by atoms with Gasteiger partial charge in [-0.25, -0.2) is 16.8 Å². The number of anilines is 2. The molecule has 1 fully saturated rings. The number of aryl methyl sites for hydroxylation is 4. The number of benzene rings is 4. The van der Waals surface area contributed by atoms with Crippen molar-refractivity contribution in [2.45, 2.75) is 47.3 Å². The van der Waals surface area contributed by atoms with E-state index in [9.17, 15) is 16.8 Å². The van der Waals surface area contributed by atoms with Gasteiger partial charge in [0.1, 0.15) is 0 Å². The van der Waals surface area contributed by atoms with Crippen molar-refractivity contribution in [3.8, 4) is 0 Å². The number of sulfone groups is 2. The molecule has 39 heavy (non-hydrogen) atoms. The van der Waals surface area contributed by atoms with Crippen LogP contribution in [0.2, 0.25) is 0 Å². The van der Waals surface area contributed by atoms with Crippen molar-refractivity contribution in [2.24, 2.45) is 0 Å². The average Bonchev–Trinajstić information content (AvgIpc) is 3.37. The predicted octanol–water partition coefficient (Wildman–Crippen LogP) is 5.91. The number of hydrogen-bond donors (Lipinski definition) is 0. The van der Waals surface area contributed by atoms with Crippen molar-refractivity contribution in [1.29, 1.82) is 0 Å². The van der Waals surface area contributed by atoms with Crippen molar-refractivity contribution in [3.05, 3.63) is 114 Å². The van der Waals surface area contributed by atoms with Crippen LogP contribution in [0.15, 0.2) is 105 Å². The fraction of sp³-hybridized carbons (Fsp3) is 0.194. The van der Waals surface area contributed by atoms with Gasteiger partial charge in [-0.15, -0.1) is 0 Å². The van der Waals surface area contributed by atoms with Crippen molar-refractivity contribution in [3.63, 3.8) is 0 Å². The lowest BCUT2D eigenvalue weighted by atomic mass is 10.1. The third kappa shape index (κ3) is 4.94. The molecule has 0 saturated carbocycles. The van der Waals surface area contributed by atoms with Gasteiger partial charge in [-0.3, -0.25) is 0 Å². The molecule has 8 heteroatoms. The molecule has 200 valence electrons. The highest BCUT2D eigenvalue weighted by Crippen LogP contribution is 2.37. The molecule has 4 aromatic carbocycles. The van der Waals surface area contributed by atoms with E-state index in [4.69, 9.17) is 0 Å². The average molecular weight is 559 g/mol. The van der Waals surface area contributed by atoms with E-state index in [2.05, 4.69) is 6.67 Å². The van der Waals surface area contributed by atoms with E-state index in [1.165, 1.54) is 0 Å². The van der Waals surface area contributed by atoms with Crippen LogP contribution >= 0.6 is 0 Å². The van der Waals surface area contributed by atoms with Gasteiger partial charge in [-0.2, -0.15) is 0 Å². The smallest absolute Gasteiger partial charge is 0.208 e. The van der Waals surface area contributed by atoms with Crippen LogP contribution in [0.3, 0.4) is 0 Å². The lowest BCUT2D eigenvalue weighted by Crippen LogP contribution is -2.21. The lowest BCUT2D eigenvalue weighted by molar-refractivity contribution is 0.594. The molecule has 1 aliphatic heterocycles. The second-order valence-corrected chi connectivity index (χ2v) is 13.7. The summed E-state index contributed by atoms with van der Waals surface area (Å²) in [4.78, 5) is 5.10. The van der Waals surface area contributed by atoms with Crippen molar-refractivity contribution in [1.82, 2.24) is 0 Å². The Morgan fingerprint density at radius 1 is 0.513 bits per heavy atom. The molecular weight excluding hydrogens is 528 g/mol. The summed E-state index contributed by atoms with van der Waals surface area (Å²) >= 11 is 0. The Morgan fingerprint density at radius 3 is 1.13 bits per heavy atom. The van der Waals surface area contributed by atoms with Gasteiger partial charge in [0, 0.05) is 24.5 Å². The molecular formula is C31H30N2O4S2.